The molecule has 3 rings (SSSR count). The van der Waals surface area contributed by atoms with Gasteiger partial charge in [-0.05, 0) is 24.3 Å². The number of carbonyl (C=O) groups is 2. The highest BCUT2D eigenvalue weighted by Crippen LogP contribution is 2.31. The molecule has 10 heteroatoms. The second kappa shape index (κ2) is 5.55. The standard InChI is InChI=1S/C14H11F3N4O3/c15-14(16,17)8-1-3-9(4-2-8)20-5-6-21-11(12(20)22)10(7-18-21)19-13(23)24/h1-4,7,19H,5-6H2,(H,23,24). The predicted octanol–water partition coefficient (Wildman–Crippen LogP) is 2.65. The molecule has 2 aromatic rings. The van der Waals surface area contributed by atoms with Crippen LogP contribution in [0, 0.1) is 0 Å². The summed E-state index contributed by atoms with van der Waals surface area (Å²) in [6.07, 6.45) is -4.58. The highest BCUT2D eigenvalue weighted by Gasteiger charge is 2.32. The molecule has 2 amide bonds. The molecule has 0 saturated carbocycles. The maximum atomic E-state index is 12.6. The quantitative estimate of drug-likeness (QED) is 0.880. The molecule has 1 aromatic heterocycles. The van der Waals surface area contributed by atoms with Gasteiger partial charge in [0.1, 0.15) is 0 Å². The average Bonchev–Trinajstić information content (AvgIpc) is 2.90. The number of hydrogen-bond donors (Lipinski definition) is 2. The van der Waals surface area contributed by atoms with Gasteiger partial charge in [0.25, 0.3) is 5.91 Å². The van der Waals surface area contributed by atoms with Crippen LogP contribution in [0.15, 0.2) is 30.5 Å². The normalized spacial score (nSPS) is 14.5. The summed E-state index contributed by atoms with van der Waals surface area (Å²) in [5.74, 6) is -0.540. The zero-order chi connectivity index (χ0) is 17.5. The van der Waals surface area contributed by atoms with Crippen molar-refractivity contribution in [2.75, 3.05) is 16.8 Å². The third-order valence-electron chi connectivity index (χ3n) is 3.57. The van der Waals surface area contributed by atoms with Gasteiger partial charge in [0.05, 0.1) is 24.0 Å². The van der Waals surface area contributed by atoms with Crippen molar-refractivity contribution in [1.29, 1.82) is 0 Å². The first-order valence-corrected chi connectivity index (χ1v) is 6.82. The molecule has 7 nitrogen and oxygen atoms in total. The molecule has 0 fully saturated rings. The summed E-state index contributed by atoms with van der Waals surface area (Å²) in [6, 6.07) is 4.20. The van der Waals surface area contributed by atoms with E-state index in [1.807, 2.05) is 0 Å². The lowest BCUT2D eigenvalue weighted by molar-refractivity contribution is -0.137. The third kappa shape index (κ3) is 2.77. The Morgan fingerprint density at radius 2 is 1.88 bits per heavy atom. The Bertz CT molecular complexity index is 799. The van der Waals surface area contributed by atoms with E-state index in [1.165, 1.54) is 27.9 Å². The Morgan fingerprint density at radius 3 is 2.46 bits per heavy atom. The molecular weight excluding hydrogens is 329 g/mol. The number of aromatic nitrogens is 2. The van der Waals surface area contributed by atoms with Crippen molar-refractivity contribution in [3.05, 3.63) is 41.7 Å². The summed E-state index contributed by atoms with van der Waals surface area (Å²) in [5.41, 5.74) is -0.441. The van der Waals surface area contributed by atoms with E-state index in [4.69, 9.17) is 5.11 Å². The number of fused-ring (bicyclic) bond motifs is 1. The van der Waals surface area contributed by atoms with E-state index in [9.17, 15) is 22.8 Å². The summed E-state index contributed by atoms with van der Waals surface area (Å²) < 4.78 is 39.2. The number of nitrogens with zero attached hydrogens (tertiary/aromatic N) is 3. The zero-order valence-electron chi connectivity index (χ0n) is 12.0. The van der Waals surface area contributed by atoms with E-state index in [0.717, 1.165) is 12.1 Å². The number of rotatable bonds is 2. The molecule has 126 valence electrons. The summed E-state index contributed by atoms with van der Waals surface area (Å²) >= 11 is 0. The topological polar surface area (TPSA) is 87.5 Å². The Morgan fingerprint density at radius 1 is 1.21 bits per heavy atom. The van der Waals surface area contributed by atoms with Crippen molar-refractivity contribution in [3.63, 3.8) is 0 Å². The van der Waals surface area contributed by atoms with Crippen molar-refractivity contribution in [3.8, 4) is 0 Å². The minimum Gasteiger partial charge on any atom is -0.465 e. The number of nitrogens with one attached hydrogen (secondary N) is 1. The van der Waals surface area contributed by atoms with Crippen LogP contribution in [-0.4, -0.2) is 33.4 Å². The molecule has 0 radical (unpaired) electrons. The lowest BCUT2D eigenvalue weighted by atomic mass is 10.1. The second-order valence-corrected chi connectivity index (χ2v) is 5.06. The van der Waals surface area contributed by atoms with Crippen LogP contribution < -0.4 is 10.2 Å². The molecule has 0 aliphatic carbocycles. The number of carboxylic acid groups (broad SMARTS) is 1. The van der Waals surface area contributed by atoms with Gasteiger partial charge in [0.15, 0.2) is 5.69 Å². The monoisotopic (exact) mass is 340 g/mol. The Labute approximate surface area is 133 Å². The summed E-state index contributed by atoms with van der Waals surface area (Å²) in [7, 11) is 0. The van der Waals surface area contributed by atoms with Crippen LogP contribution in [0.25, 0.3) is 0 Å². The fraction of sp³-hybridized carbons (Fsp3) is 0.214. The highest BCUT2D eigenvalue weighted by molar-refractivity contribution is 6.10. The van der Waals surface area contributed by atoms with Gasteiger partial charge in [-0.3, -0.25) is 14.8 Å². The molecular formula is C14H11F3N4O3. The number of anilines is 2. The van der Waals surface area contributed by atoms with Crippen LogP contribution in [0.5, 0.6) is 0 Å². The Balaban J connectivity index is 1.91. The molecule has 0 bridgehead atoms. The van der Waals surface area contributed by atoms with Crippen molar-refractivity contribution >= 4 is 23.4 Å². The van der Waals surface area contributed by atoms with Gasteiger partial charge in [-0.15, -0.1) is 0 Å². The van der Waals surface area contributed by atoms with Crippen LogP contribution >= 0.6 is 0 Å². The van der Waals surface area contributed by atoms with Crippen molar-refractivity contribution < 1.29 is 27.9 Å². The maximum absolute atomic E-state index is 12.6. The molecule has 2 heterocycles. The third-order valence-corrected chi connectivity index (χ3v) is 3.57. The van der Waals surface area contributed by atoms with Gasteiger partial charge in [-0.2, -0.15) is 18.3 Å². The predicted molar refractivity (Wildman–Crippen MR) is 77.0 cm³/mol. The van der Waals surface area contributed by atoms with E-state index in [2.05, 4.69) is 10.4 Å². The Kier molecular flexibility index (Phi) is 3.66. The number of amides is 2. The number of halogens is 3. The lowest BCUT2D eigenvalue weighted by Gasteiger charge is -2.28. The molecule has 0 unspecified atom stereocenters. The number of alkyl halides is 3. The van der Waals surface area contributed by atoms with Gasteiger partial charge < -0.3 is 10.0 Å². The molecule has 1 aliphatic rings. The van der Waals surface area contributed by atoms with Gasteiger partial charge >= 0.3 is 12.3 Å². The zero-order valence-corrected chi connectivity index (χ0v) is 12.0. The lowest BCUT2D eigenvalue weighted by Crippen LogP contribution is -2.41. The molecule has 1 aliphatic heterocycles. The first-order chi connectivity index (χ1) is 11.3. The van der Waals surface area contributed by atoms with E-state index in [-0.39, 0.29) is 17.9 Å². The summed E-state index contributed by atoms with van der Waals surface area (Å²) in [5, 5.41) is 14.8. The van der Waals surface area contributed by atoms with E-state index in [0.29, 0.717) is 12.2 Å². The fourth-order valence-corrected chi connectivity index (χ4v) is 2.49. The van der Waals surface area contributed by atoms with Crippen LogP contribution in [0.3, 0.4) is 0 Å². The summed E-state index contributed by atoms with van der Waals surface area (Å²) in [6.45, 7) is 0.509. The average molecular weight is 340 g/mol. The van der Waals surface area contributed by atoms with Crippen LogP contribution in [0.2, 0.25) is 0 Å². The van der Waals surface area contributed by atoms with Crippen LogP contribution in [-0.2, 0) is 12.7 Å². The molecule has 0 atom stereocenters. The minimum absolute atomic E-state index is 0.0316. The van der Waals surface area contributed by atoms with Gasteiger partial charge in [0.2, 0.25) is 0 Å². The first-order valence-electron chi connectivity index (χ1n) is 6.82. The van der Waals surface area contributed by atoms with Crippen LogP contribution in [0.1, 0.15) is 16.1 Å². The SMILES string of the molecule is O=C(O)Nc1cnn2c1C(=O)N(c1ccc(C(F)(F)F)cc1)CC2. The van der Waals surface area contributed by atoms with E-state index < -0.39 is 23.7 Å². The number of benzene rings is 1. The molecule has 1 aromatic carbocycles. The van der Waals surface area contributed by atoms with Gasteiger partial charge in [-0.1, -0.05) is 0 Å². The number of hydrogen-bond acceptors (Lipinski definition) is 3. The largest absolute Gasteiger partial charge is 0.465 e. The van der Waals surface area contributed by atoms with Gasteiger partial charge in [0, 0.05) is 12.2 Å². The summed E-state index contributed by atoms with van der Waals surface area (Å²) in [4.78, 5) is 24.6. The molecule has 0 spiro atoms. The molecule has 2 N–H and O–H groups in total. The number of carbonyl (C=O) groups excluding carboxylic acids is 1. The minimum atomic E-state index is -4.46. The maximum Gasteiger partial charge on any atom is 0.416 e. The highest BCUT2D eigenvalue weighted by atomic mass is 19.4. The molecule has 24 heavy (non-hydrogen) atoms. The fourth-order valence-electron chi connectivity index (χ4n) is 2.49. The van der Waals surface area contributed by atoms with E-state index >= 15 is 0 Å². The second-order valence-electron chi connectivity index (χ2n) is 5.06. The van der Waals surface area contributed by atoms with Crippen LogP contribution in [0.4, 0.5) is 29.3 Å². The molecule has 0 saturated heterocycles. The van der Waals surface area contributed by atoms with Gasteiger partial charge in [-0.25, -0.2) is 4.79 Å². The van der Waals surface area contributed by atoms with Crippen molar-refractivity contribution in [1.82, 2.24) is 9.78 Å². The smallest absolute Gasteiger partial charge is 0.416 e. The Hall–Kier alpha value is -3.04. The van der Waals surface area contributed by atoms with E-state index in [1.54, 1.807) is 0 Å². The van der Waals surface area contributed by atoms with Crippen molar-refractivity contribution in [2.24, 2.45) is 0 Å². The van der Waals surface area contributed by atoms with Crippen molar-refractivity contribution in [2.45, 2.75) is 12.7 Å². The first kappa shape index (κ1) is 15.8.